The van der Waals surface area contributed by atoms with Gasteiger partial charge in [-0.2, -0.15) is 0 Å². The zero-order chi connectivity index (χ0) is 18.2. The molecule has 25 heavy (non-hydrogen) atoms. The number of ketones is 1. The summed E-state index contributed by atoms with van der Waals surface area (Å²) in [5.74, 6) is 0.152. The summed E-state index contributed by atoms with van der Waals surface area (Å²) in [6, 6.07) is 14.8. The summed E-state index contributed by atoms with van der Waals surface area (Å²) in [5, 5.41) is 3.39. The highest BCUT2D eigenvalue weighted by molar-refractivity contribution is 5.90. The molecule has 0 fully saturated rings. The molecule has 132 valence electrons. The summed E-state index contributed by atoms with van der Waals surface area (Å²) in [7, 11) is 1.94. The fourth-order valence-corrected chi connectivity index (χ4v) is 3.86. The fourth-order valence-electron chi connectivity index (χ4n) is 3.86. The van der Waals surface area contributed by atoms with Gasteiger partial charge in [0.1, 0.15) is 0 Å². The van der Waals surface area contributed by atoms with Crippen LogP contribution in [0, 0.1) is 6.92 Å². The number of benzene rings is 2. The van der Waals surface area contributed by atoms with E-state index < -0.39 is 5.66 Å². The van der Waals surface area contributed by atoms with E-state index in [2.05, 4.69) is 49.5 Å². The number of aryl methyl sites for hydroxylation is 1. The first-order chi connectivity index (χ1) is 11.9. The van der Waals surface area contributed by atoms with Gasteiger partial charge in [-0.3, -0.25) is 9.69 Å². The fraction of sp³-hybridized carbons (Fsp3) is 0.381. The van der Waals surface area contributed by atoms with Gasteiger partial charge < -0.3 is 11.1 Å². The molecule has 0 saturated heterocycles. The Kier molecular flexibility index (Phi) is 4.67. The molecule has 2 atom stereocenters. The Morgan fingerprint density at radius 1 is 1.28 bits per heavy atom. The van der Waals surface area contributed by atoms with E-state index in [-0.39, 0.29) is 11.7 Å². The van der Waals surface area contributed by atoms with E-state index in [1.165, 1.54) is 11.1 Å². The number of Topliss-reactive ketones (excluding diaryl/α,β-unsaturated/α-hetero) is 1. The lowest BCUT2D eigenvalue weighted by molar-refractivity contribution is -0.129. The van der Waals surface area contributed by atoms with Crippen LogP contribution in [0.25, 0.3) is 0 Å². The molecule has 0 radical (unpaired) electrons. The Hall–Kier alpha value is -2.17. The van der Waals surface area contributed by atoms with Gasteiger partial charge in [0.2, 0.25) is 0 Å². The van der Waals surface area contributed by atoms with Crippen molar-refractivity contribution in [3.63, 3.8) is 0 Å². The second-order valence-electron chi connectivity index (χ2n) is 6.97. The Balaban J connectivity index is 2.23. The zero-order valence-electron chi connectivity index (χ0n) is 15.5. The zero-order valence-corrected chi connectivity index (χ0v) is 15.5. The number of carbonyl (C=O) groups is 1. The van der Waals surface area contributed by atoms with Gasteiger partial charge in [-0.15, -0.1) is 0 Å². The Bertz CT molecular complexity index is 784. The van der Waals surface area contributed by atoms with Crippen LogP contribution in [0.5, 0.6) is 0 Å². The van der Waals surface area contributed by atoms with Crippen molar-refractivity contribution in [3.05, 3.63) is 64.7 Å². The molecule has 1 aliphatic rings. The van der Waals surface area contributed by atoms with Crippen LogP contribution >= 0.6 is 0 Å². The molecule has 3 N–H and O–H groups in total. The number of nitrogens with zero attached hydrogens (tertiary/aromatic N) is 1. The van der Waals surface area contributed by atoms with Gasteiger partial charge in [-0.05, 0) is 45.0 Å². The Labute approximate surface area is 150 Å². The monoisotopic (exact) mass is 337 g/mol. The predicted molar refractivity (Wildman–Crippen MR) is 103 cm³/mol. The normalized spacial score (nSPS) is 23.2. The molecular weight excluding hydrogens is 310 g/mol. The molecule has 0 aliphatic carbocycles. The van der Waals surface area contributed by atoms with Gasteiger partial charge in [-0.1, -0.05) is 42.0 Å². The number of nitrogens with one attached hydrogen (secondary N) is 1. The number of rotatable bonds is 4. The number of anilines is 1. The molecule has 0 spiro atoms. The van der Waals surface area contributed by atoms with Crippen LogP contribution in [0.3, 0.4) is 0 Å². The van der Waals surface area contributed by atoms with Gasteiger partial charge in [0, 0.05) is 30.3 Å². The van der Waals surface area contributed by atoms with Crippen molar-refractivity contribution in [2.75, 3.05) is 25.5 Å². The number of nitrogens with two attached hydrogens (primary N) is 1. The van der Waals surface area contributed by atoms with E-state index in [0.717, 1.165) is 23.4 Å². The molecule has 2 unspecified atom stereocenters. The lowest BCUT2D eigenvalue weighted by Gasteiger charge is -2.46. The molecule has 0 saturated carbocycles. The first kappa shape index (κ1) is 17.6. The molecule has 1 aliphatic heterocycles. The topological polar surface area (TPSA) is 58.4 Å². The first-order valence-corrected chi connectivity index (χ1v) is 8.84. The van der Waals surface area contributed by atoms with E-state index in [9.17, 15) is 4.79 Å². The maximum atomic E-state index is 12.5. The second kappa shape index (κ2) is 6.62. The number of carbonyl (C=O) groups excluding carboxylic acids is 1. The van der Waals surface area contributed by atoms with Crippen LogP contribution in [-0.4, -0.2) is 30.8 Å². The van der Waals surface area contributed by atoms with E-state index in [0.29, 0.717) is 6.54 Å². The van der Waals surface area contributed by atoms with E-state index in [4.69, 9.17) is 5.73 Å². The molecule has 0 bridgehead atoms. The maximum absolute atomic E-state index is 12.5. The minimum atomic E-state index is -1.10. The average molecular weight is 337 g/mol. The molecule has 1 heterocycles. The van der Waals surface area contributed by atoms with Gasteiger partial charge in [0.05, 0.1) is 0 Å². The summed E-state index contributed by atoms with van der Waals surface area (Å²) in [4.78, 5) is 14.5. The van der Waals surface area contributed by atoms with Crippen molar-refractivity contribution < 1.29 is 4.79 Å². The average Bonchev–Trinajstić information content (AvgIpc) is 2.59. The molecule has 4 heteroatoms. The third-order valence-electron chi connectivity index (χ3n) is 5.30. The highest BCUT2D eigenvalue weighted by atomic mass is 16.1. The van der Waals surface area contributed by atoms with Crippen molar-refractivity contribution in [2.45, 2.75) is 32.4 Å². The number of fused-ring (bicyclic) bond motifs is 1. The van der Waals surface area contributed by atoms with Crippen LogP contribution in [0.4, 0.5) is 5.69 Å². The summed E-state index contributed by atoms with van der Waals surface area (Å²) < 4.78 is 0. The molecule has 2 aromatic carbocycles. The maximum Gasteiger partial charge on any atom is 0.169 e. The third-order valence-corrected chi connectivity index (χ3v) is 5.30. The number of likely N-dealkylation sites (N-methyl/N-ethyl adjacent to an activating group) is 1. The lowest BCUT2D eigenvalue weighted by atomic mass is 9.76. The minimum Gasteiger partial charge on any atom is -0.385 e. The van der Waals surface area contributed by atoms with Gasteiger partial charge >= 0.3 is 0 Å². The van der Waals surface area contributed by atoms with E-state index >= 15 is 0 Å². The largest absolute Gasteiger partial charge is 0.385 e. The first-order valence-electron chi connectivity index (χ1n) is 8.84. The van der Waals surface area contributed by atoms with Crippen LogP contribution in [0.1, 0.15) is 42.0 Å². The van der Waals surface area contributed by atoms with Crippen LogP contribution < -0.4 is 11.1 Å². The summed E-state index contributed by atoms with van der Waals surface area (Å²) in [6.45, 7) is 7.21. The van der Waals surface area contributed by atoms with Gasteiger partial charge in [0.25, 0.3) is 0 Å². The van der Waals surface area contributed by atoms with Crippen molar-refractivity contribution in [2.24, 2.45) is 5.73 Å². The standard InChI is InChI=1S/C21H27N3O/c1-5-23-19-8-6-7-17-18(16-11-9-14(2)10-12-16)13-24(4)21(22,15(3)25)20(17)19/h6-12,18,23H,5,13,22H2,1-4H3. The molecule has 4 nitrogen and oxygen atoms in total. The van der Waals surface area contributed by atoms with Crippen LogP contribution in [0.15, 0.2) is 42.5 Å². The second-order valence-corrected chi connectivity index (χ2v) is 6.97. The van der Waals surface area contributed by atoms with Crippen molar-refractivity contribution in [1.29, 1.82) is 0 Å². The predicted octanol–water partition coefficient (Wildman–Crippen LogP) is 3.20. The van der Waals surface area contributed by atoms with E-state index in [1.54, 1.807) is 6.92 Å². The van der Waals surface area contributed by atoms with Gasteiger partial charge in [0.15, 0.2) is 11.4 Å². The summed E-state index contributed by atoms with van der Waals surface area (Å²) >= 11 is 0. The Morgan fingerprint density at radius 2 is 1.96 bits per heavy atom. The number of hydrogen-bond acceptors (Lipinski definition) is 4. The van der Waals surface area contributed by atoms with E-state index in [1.807, 2.05) is 24.1 Å². The minimum absolute atomic E-state index is 0.0380. The molecule has 3 rings (SSSR count). The van der Waals surface area contributed by atoms with Crippen molar-refractivity contribution in [3.8, 4) is 0 Å². The molecule has 0 aromatic heterocycles. The smallest absolute Gasteiger partial charge is 0.169 e. The number of hydrogen-bond donors (Lipinski definition) is 2. The quantitative estimate of drug-likeness (QED) is 0.899. The van der Waals surface area contributed by atoms with Crippen LogP contribution in [0.2, 0.25) is 0 Å². The summed E-state index contributed by atoms with van der Waals surface area (Å²) in [5.41, 5.74) is 11.1. The third kappa shape index (κ3) is 2.86. The van der Waals surface area contributed by atoms with Crippen molar-refractivity contribution >= 4 is 11.5 Å². The highest BCUT2D eigenvalue weighted by Gasteiger charge is 2.46. The molecular formula is C21H27N3O. The lowest BCUT2D eigenvalue weighted by Crippen LogP contribution is -2.60. The SMILES string of the molecule is CCNc1cccc2c1C(N)(C(C)=O)N(C)CC2c1ccc(C)cc1. The van der Waals surface area contributed by atoms with Gasteiger partial charge in [-0.25, -0.2) is 0 Å². The molecule has 2 aromatic rings. The van der Waals surface area contributed by atoms with Crippen molar-refractivity contribution in [1.82, 2.24) is 4.90 Å². The summed E-state index contributed by atoms with van der Waals surface area (Å²) in [6.07, 6.45) is 0. The van der Waals surface area contributed by atoms with Crippen LogP contribution in [-0.2, 0) is 10.5 Å². The molecule has 0 amide bonds. The highest BCUT2D eigenvalue weighted by Crippen LogP contribution is 2.43. The Morgan fingerprint density at radius 3 is 2.56 bits per heavy atom.